The highest BCUT2D eigenvalue weighted by atomic mass is 28.3. The van der Waals surface area contributed by atoms with E-state index in [-0.39, 0.29) is 48.7 Å². The summed E-state index contributed by atoms with van der Waals surface area (Å²) in [6.45, 7) is 10.0. The fourth-order valence-corrected chi connectivity index (χ4v) is 4.18. The third kappa shape index (κ3) is 10.3. The molecule has 0 saturated heterocycles. The average molecular weight is 561 g/mol. The Hall–Kier alpha value is -3.54. The van der Waals surface area contributed by atoms with Crippen molar-refractivity contribution in [3.8, 4) is 11.1 Å². The van der Waals surface area contributed by atoms with Gasteiger partial charge in [-0.2, -0.15) is 0 Å². The smallest absolute Gasteiger partial charge is 0.339 e. The molecular weight excluding hydrogens is 524 g/mol. The SMILES string of the molecule is CCCOCCOC(=O)c1cc(-c2ccc(C(=O)OCCOCC[Si](C)(C)C)c(C(=O)O)c2)ccc1C(=O)O. The molecule has 2 N–H and O–H groups in total. The maximum atomic E-state index is 12.6. The third-order valence-electron chi connectivity index (χ3n) is 5.54. The highest BCUT2D eigenvalue weighted by Crippen LogP contribution is 2.26. The van der Waals surface area contributed by atoms with Crippen LogP contribution in [0.4, 0.5) is 0 Å². The molecule has 0 radical (unpaired) electrons. The van der Waals surface area contributed by atoms with Gasteiger partial charge in [-0.1, -0.05) is 38.7 Å². The van der Waals surface area contributed by atoms with Gasteiger partial charge < -0.3 is 29.2 Å². The van der Waals surface area contributed by atoms with E-state index in [0.29, 0.717) is 24.3 Å². The molecule has 0 atom stereocenters. The summed E-state index contributed by atoms with van der Waals surface area (Å²) < 4.78 is 21.1. The molecule has 2 rings (SSSR count). The van der Waals surface area contributed by atoms with Crippen LogP contribution in [0, 0.1) is 0 Å². The zero-order valence-corrected chi connectivity index (χ0v) is 23.8. The Labute approximate surface area is 228 Å². The summed E-state index contributed by atoms with van der Waals surface area (Å²) >= 11 is 0. The number of ether oxygens (including phenoxy) is 4. The quantitative estimate of drug-likeness (QED) is 0.166. The van der Waals surface area contributed by atoms with Crippen LogP contribution in [0.15, 0.2) is 36.4 Å². The van der Waals surface area contributed by atoms with E-state index in [1.807, 2.05) is 6.92 Å². The van der Waals surface area contributed by atoms with Gasteiger partial charge >= 0.3 is 23.9 Å². The Morgan fingerprint density at radius 3 is 1.64 bits per heavy atom. The second kappa shape index (κ2) is 15.1. The summed E-state index contributed by atoms with van der Waals surface area (Å²) in [6.07, 6.45) is 0.807. The van der Waals surface area contributed by atoms with E-state index in [1.54, 1.807) is 0 Å². The topological polar surface area (TPSA) is 146 Å². The molecule has 0 spiro atoms. The standard InChI is InChI=1S/C28H36O10Si/c1-5-10-35-11-13-38-28(34)24-18-20(6-8-21(24)25(29)30)19-7-9-22(23(17-19)26(31)32)27(33)37-14-12-36-15-16-39(2,3)4/h6-9,17-18H,5,10-16H2,1-4H3,(H,29,30)(H,31,32). The molecule has 2 aromatic rings. The van der Waals surface area contributed by atoms with Crippen LogP contribution in [0.2, 0.25) is 25.7 Å². The normalized spacial score (nSPS) is 11.2. The van der Waals surface area contributed by atoms with Gasteiger partial charge in [0, 0.05) is 21.3 Å². The van der Waals surface area contributed by atoms with Gasteiger partial charge in [-0.05, 0) is 47.9 Å². The van der Waals surface area contributed by atoms with E-state index in [2.05, 4.69) is 19.6 Å². The van der Waals surface area contributed by atoms with Crippen LogP contribution in [0.25, 0.3) is 11.1 Å². The van der Waals surface area contributed by atoms with Crippen molar-refractivity contribution in [2.24, 2.45) is 0 Å². The van der Waals surface area contributed by atoms with Gasteiger partial charge in [0.1, 0.15) is 13.2 Å². The highest BCUT2D eigenvalue weighted by Gasteiger charge is 2.22. The van der Waals surface area contributed by atoms with Crippen molar-refractivity contribution in [2.45, 2.75) is 39.0 Å². The van der Waals surface area contributed by atoms with Gasteiger partial charge in [-0.3, -0.25) is 0 Å². The van der Waals surface area contributed by atoms with Crippen molar-refractivity contribution in [3.05, 3.63) is 58.7 Å². The predicted molar refractivity (Wildman–Crippen MR) is 146 cm³/mol. The first kappa shape index (κ1) is 31.7. The van der Waals surface area contributed by atoms with Crippen LogP contribution in [-0.2, 0) is 18.9 Å². The fourth-order valence-electron chi connectivity index (χ4n) is 3.43. The number of aromatic carboxylic acids is 2. The van der Waals surface area contributed by atoms with E-state index < -0.39 is 32.0 Å². The molecule has 10 nitrogen and oxygen atoms in total. The van der Waals surface area contributed by atoms with Crippen molar-refractivity contribution in [3.63, 3.8) is 0 Å². The minimum atomic E-state index is -1.34. The Balaban J connectivity index is 2.19. The number of carboxylic acids is 2. The molecule has 0 unspecified atom stereocenters. The number of carbonyl (C=O) groups is 4. The summed E-state index contributed by atoms with van der Waals surface area (Å²) in [5.41, 5.74) is -0.156. The average Bonchev–Trinajstić information content (AvgIpc) is 2.88. The van der Waals surface area contributed by atoms with Crippen LogP contribution in [0.3, 0.4) is 0 Å². The number of hydrogen-bond donors (Lipinski definition) is 2. The number of benzene rings is 2. The third-order valence-corrected chi connectivity index (χ3v) is 7.24. The van der Waals surface area contributed by atoms with Crippen LogP contribution in [0.1, 0.15) is 54.8 Å². The molecule has 0 bridgehead atoms. The Kier molecular flexibility index (Phi) is 12.3. The van der Waals surface area contributed by atoms with E-state index in [0.717, 1.165) is 12.5 Å². The first-order chi connectivity index (χ1) is 18.4. The van der Waals surface area contributed by atoms with Gasteiger partial charge in [0.2, 0.25) is 0 Å². The minimum Gasteiger partial charge on any atom is -0.478 e. The molecular formula is C28H36O10Si. The van der Waals surface area contributed by atoms with Crippen molar-refractivity contribution in [1.29, 1.82) is 0 Å². The summed E-state index contributed by atoms with van der Waals surface area (Å²) in [6, 6.07) is 9.07. The molecule has 0 aliphatic carbocycles. The molecule has 212 valence electrons. The number of esters is 2. The lowest BCUT2D eigenvalue weighted by Gasteiger charge is -2.15. The monoisotopic (exact) mass is 560 g/mol. The fraction of sp³-hybridized carbons (Fsp3) is 0.429. The maximum absolute atomic E-state index is 12.6. The van der Waals surface area contributed by atoms with Crippen molar-refractivity contribution < 1.29 is 48.3 Å². The molecule has 0 aliphatic heterocycles. The van der Waals surface area contributed by atoms with Gasteiger partial charge in [0.15, 0.2) is 0 Å². The predicted octanol–water partition coefficient (Wildman–Crippen LogP) is 4.85. The lowest BCUT2D eigenvalue weighted by Crippen LogP contribution is -2.22. The molecule has 0 aromatic heterocycles. The summed E-state index contributed by atoms with van der Waals surface area (Å²) in [5, 5.41) is 19.2. The number of rotatable bonds is 16. The molecule has 0 aliphatic rings. The van der Waals surface area contributed by atoms with E-state index in [9.17, 15) is 29.4 Å². The van der Waals surface area contributed by atoms with Crippen molar-refractivity contribution in [1.82, 2.24) is 0 Å². The van der Waals surface area contributed by atoms with Crippen LogP contribution in [-0.4, -0.2) is 81.8 Å². The second-order valence-electron chi connectivity index (χ2n) is 9.94. The van der Waals surface area contributed by atoms with Gasteiger partial charge in [0.05, 0.1) is 35.5 Å². The molecule has 11 heteroatoms. The van der Waals surface area contributed by atoms with Crippen molar-refractivity contribution in [2.75, 3.05) is 39.6 Å². The van der Waals surface area contributed by atoms with Gasteiger partial charge in [-0.15, -0.1) is 0 Å². The zero-order chi connectivity index (χ0) is 29.0. The van der Waals surface area contributed by atoms with Crippen LogP contribution in [0.5, 0.6) is 0 Å². The summed E-state index contributed by atoms with van der Waals surface area (Å²) in [7, 11) is -1.23. The summed E-state index contributed by atoms with van der Waals surface area (Å²) in [5.74, 6) is -4.31. The first-order valence-electron chi connectivity index (χ1n) is 12.7. The van der Waals surface area contributed by atoms with Gasteiger partial charge in [0.25, 0.3) is 0 Å². The Bertz CT molecular complexity index is 1170. The molecule has 2 aromatic carbocycles. The van der Waals surface area contributed by atoms with Crippen molar-refractivity contribution >= 4 is 32.0 Å². The van der Waals surface area contributed by atoms with E-state index in [1.165, 1.54) is 36.4 Å². The highest BCUT2D eigenvalue weighted by molar-refractivity contribution is 6.76. The first-order valence-corrected chi connectivity index (χ1v) is 16.4. The molecule has 0 saturated carbocycles. The van der Waals surface area contributed by atoms with Crippen LogP contribution >= 0.6 is 0 Å². The van der Waals surface area contributed by atoms with E-state index >= 15 is 0 Å². The Morgan fingerprint density at radius 1 is 0.641 bits per heavy atom. The molecule has 0 fully saturated rings. The molecule has 0 heterocycles. The summed E-state index contributed by atoms with van der Waals surface area (Å²) in [4.78, 5) is 48.8. The second-order valence-corrected chi connectivity index (χ2v) is 15.6. The maximum Gasteiger partial charge on any atom is 0.339 e. The lowest BCUT2D eigenvalue weighted by atomic mass is 9.96. The zero-order valence-electron chi connectivity index (χ0n) is 22.8. The van der Waals surface area contributed by atoms with Gasteiger partial charge in [-0.25, -0.2) is 19.2 Å². The van der Waals surface area contributed by atoms with E-state index in [4.69, 9.17) is 18.9 Å². The largest absolute Gasteiger partial charge is 0.478 e. The number of hydrogen-bond acceptors (Lipinski definition) is 8. The number of carboxylic acid groups (broad SMARTS) is 2. The lowest BCUT2D eigenvalue weighted by molar-refractivity contribution is 0.0313. The minimum absolute atomic E-state index is 0.0169. The molecule has 39 heavy (non-hydrogen) atoms. The molecule has 0 amide bonds. The van der Waals surface area contributed by atoms with Crippen LogP contribution < -0.4 is 0 Å². The number of carbonyl (C=O) groups excluding carboxylic acids is 2. The Morgan fingerprint density at radius 2 is 1.13 bits per heavy atom.